The second-order valence-corrected chi connectivity index (χ2v) is 5.56. The molecule has 0 aliphatic heterocycles. The van der Waals surface area contributed by atoms with Crippen LogP contribution in [0.5, 0.6) is 0 Å². The van der Waals surface area contributed by atoms with Gasteiger partial charge in [-0.1, -0.05) is 31.2 Å². The van der Waals surface area contributed by atoms with Crippen LogP contribution in [0.15, 0.2) is 36.5 Å². The molecule has 3 nitrogen and oxygen atoms in total. The van der Waals surface area contributed by atoms with Crippen LogP contribution in [0.1, 0.15) is 29.6 Å². The number of fused-ring (bicyclic) bond motifs is 1. The van der Waals surface area contributed by atoms with Crippen molar-refractivity contribution < 1.29 is 0 Å². The van der Waals surface area contributed by atoms with E-state index in [1.165, 1.54) is 11.1 Å². The highest BCUT2D eigenvalue weighted by molar-refractivity contribution is 5.33. The smallest absolute Gasteiger partial charge is 0.128 e. The molecule has 0 unspecified atom stereocenters. The van der Waals surface area contributed by atoms with Gasteiger partial charge in [-0.15, -0.1) is 0 Å². The van der Waals surface area contributed by atoms with E-state index in [0.29, 0.717) is 6.04 Å². The Morgan fingerprint density at radius 3 is 2.50 bits per heavy atom. The third kappa shape index (κ3) is 2.73. The maximum atomic E-state index is 4.60. The quantitative estimate of drug-likeness (QED) is 0.852. The van der Waals surface area contributed by atoms with E-state index in [2.05, 4.69) is 53.1 Å². The molecule has 1 aliphatic carbocycles. The Bertz CT molecular complexity index is 569. The van der Waals surface area contributed by atoms with Crippen LogP contribution in [0.2, 0.25) is 0 Å². The summed E-state index contributed by atoms with van der Waals surface area (Å²) in [7, 11) is 2.20. The van der Waals surface area contributed by atoms with Gasteiger partial charge < -0.3 is 0 Å². The first-order valence-corrected chi connectivity index (χ1v) is 7.34. The van der Waals surface area contributed by atoms with Gasteiger partial charge in [0.15, 0.2) is 0 Å². The van der Waals surface area contributed by atoms with Gasteiger partial charge in [-0.25, -0.2) is 9.97 Å². The SMILES string of the molecule is CCc1nccc(CN(C)C2Cc3ccccc3C2)n1. The van der Waals surface area contributed by atoms with Crippen LogP contribution >= 0.6 is 0 Å². The number of hydrogen-bond acceptors (Lipinski definition) is 3. The summed E-state index contributed by atoms with van der Waals surface area (Å²) in [5.74, 6) is 0.936. The fraction of sp³-hybridized carbons (Fsp3) is 0.412. The topological polar surface area (TPSA) is 29.0 Å². The van der Waals surface area contributed by atoms with Crippen molar-refractivity contribution in [2.45, 2.75) is 38.8 Å². The lowest BCUT2D eigenvalue weighted by atomic mass is 10.1. The highest BCUT2D eigenvalue weighted by Crippen LogP contribution is 2.25. The van der Waals surface area contributed by atoms with E-state index in [1.54, 1.807) is 0 Å². The Hall–Kier alpha value is -1.74. The third-order valence-electron chi connectivity index (χ3n) is 4.14. The van der Waals surface area contributed by atoms with E-state index in [-0.39, 0.29) is 0 Å². The van der Waals surface area contributed by atoms with Gasteiger partial charge in [-0.2, -0.15) is 0 Å². The molecule has 0 fully saturated rings. The standard InChI is InChI=1S/C17H21N3/c1-3-17-18-9-8-15(19-17)12-20(2)16-10-13-6-4-5-7-14(13)11-16/h4-9,16H,3,10-12H2,1-2H3. The average molecular weight is 267 g/mol. The number of hydrogen-bond donors (Lipinski definition) is 0. The molecule has 3 rings (SSSR count). The number of aryl methyl sites for hydroxylation is 1. The van der Waals surface area contributed by atoms with Gasteiger partial charge in [-0.3, -0.25) is 4.90 Å². The second-order valence-electron chi connectivity index (χ2n) is 5.56. The molecule has 20 heavy (non-hydrogen) atoms. The lowest BCUT2D eigenvalue weighted by Gasteiger charge is -2.23. The number of nitrogens with zero attached hydrogens (tertiary/aromatic N) is 3. The Morgan fingerprint density at radius 1 is 1.15 bits per heavy atom. The molecule has 0 N–H and O–H groups in total. The zero-order chi connectivity index (χ0) is 13.9. The molecule has 0 bridgehead atoms. The average Bonchev–Trinajstić information content (AvgIpc) is 2.91. The molecular formula is C17H21N3. The molecule has 1 aliphatic rings. The van der Waals surface area contributed by atoms with Gasteiger partial charge in [0.25, 0.3) is 0 Å². The molecule has 0 saturated carbocycles. The zero-order valence-electron chi connectivity index (χ0n) is 12.2. The van der Waals surface area contributed by atoms with E-state index in [1.807, 2.05) is 12.3 Å². The minimum atomic E-state index is 0.590. The molecule has 0 spiro atoms. The summed E-state index contributed by atoms with van der Waals surface area (Å²) in [6.45, 7) is 2.99. The van der Waals surface area contributed by atoms with Gasteiger partial charge in [0.1, 0.15) is 5.82 Å². The Balaban J connectivity index is 1.67. The summed E-state index contributed by atoms with van der Waals surface area (Å²) in [6.07, 6.45) is 5.07. The summed E-state index contributed by atoms with van der Waals surface area (Å²) in [5.41, 5.74) is 4.12. The normalized spacial score (nSPS) is 14.8. The van der Waals surface area contributed by atoms with Crippen LogP contribution < -0.4 is 0 Å². The minimum Gasteiger partial charge on any atom is -0.297 e. The minimum absolute atomic E-state index is 0.590. The first-order chi connectivity index (χ1) is 9.76. The van der Waals surface area contributed by atoms with Crippen molar-refractivity contribution in [1.29, 1.82) is 0 Å². The van der Waals surface area contributed by atoms with Crippen molar-refractivity contribution in [3.05, 3.63) is 59.2 Å². The summed E-state index contributed by atoms with van der Waals surface area (Å²) < 4.78 is 0. The lowest BCUT2D eigenvalue weighted by Crippen LogP contribution is -2.32. The predicted octanol–water partition coefficient (Wildman–Crippen LogP) is 2.64. The number of likely N-dealkylation sites (N-methyl/N-ethyl adjacent to an activating group) is 1. The largest absolute Gasteiger partial charge is 0.297 e. The predicted molar refractivity (Wildman–Crippen MR) is 80.5 cm³/mol. The van der Waals surface area contributed by atoms with Crippen LogP contribution in [0, 0.1) is 0 Å². The Labute approximate surface area is 120 Å². The van der Waals surface area contributed by atoms with Crippen LogP contribution in [0.4, 0.5) is 0 Å². The number of benzene rings is 1. The van der Waals surface area contributed by atoms with Crippen molar-refractivity contribution in [2.24, 2.45) is 0 Å². The molecule has 1 heterocycles. The van der Waals surface area contributed by atoms with Crippen molar-refractivity contribution >= 4 is 0 Å². The van der Waals surface area contributed by atoms with Gasteiger partial charge >= 0.3 is 0 Å². The first-order valence-electron chi connectivity index (χ1n) is 7.34. The summed E-state index contributed by atoms with van der Waals surface area (Å²) in [4.78, 5) is 11.3. The lowest BCUT2D eigenvalue weighted by molar-refractivity contribution is 0.238. The molecule has 0 atom stereocenters. The maximum absolute atomic E-state index is 4.60. The molecule has 0 saturated heterocycles. The van der Waals surface area contributed by atoms with E-state index in [9.17, 15) is 0 Å². The number of rotatable bonds is 4. The van der Waals surface area contributed by atoms with Crippen LogP contribution in [0.3, 0.4) is 0 Å². The van der Waals surface area contributed by atoms with Gasteiger partial charge in [0.05, 0.1) is 5.69 Å². The van der Waals surface area contributed by atoms with E-state index < -0.39 is 0 Å². The molecule has 1 aromatic heterocycles. The van der Waals surface area contributed by atoms with Crippen molar-refractivity contribution in [2.75, 3.05) is 7.05 Å². The van der Waals surface area contributed by atoms with E-state index in [0.717, 1.165) is 37.3 Å². The van der Waals surface area contributed by atoms with Gasteiger partial charge in [0.2, 0.25) is 0 Å². The highest BCUT2D eigenvalue weighted by atomic mass is 15.1. The van der Waals surface area contributed by atoms with Crippen molar-refractivity contribution in [3.8, 4) is 0 Å². The molecule has 2 aromatic rings. The van der Waals surface area contributed by atoms with Crippen LogP contribution in [-0.4, -0.2) is 28.0 Å². The molecule has 1 aromatic carbocycles. The Kier molecular flexibility index (Phi) is 3.79. The second kappa shape index (κ2) is 5.71. The van der Waals surface area contributed by atoms with Crippen molar-refractivity contribution in [1.82, 2.24) is 14.9 Å². The zero-order valence-corrected chi connectivity index (χ0v) is 12.2. The molecule has 0 amide bonds. The molecule has 104 valence electrons. The first kappa shape index (κ1) is 13.3. The van der Waals surface area contributed by atoms with E-state index >= 15 is 0 Å². The Morgan fingerprint density at radius 2 is 1.85 bits per heavy atom. The summed E-state index contributed by atoms with van der Waals surface area (Å²) in [6, 6.07) is 11.4. The maximum Gasteiger partial charge on any atom is 0.128 e. The molecular weight excluding hydrogens is 246 g/mol. The van der Waals surface area contributed by atoms with Crippen LogP contribution in [-0.2, 0) is 25.8 Å². The summed E-state index contributed by atoms with van der Waals surface area (Å²) in [5, 5.41) is 0. The van der Waals surface area contributed by atoms with Gasteiger partial charge in [-0.05, 0) is 37.1 Å². The fourth-order valence-electron chi connectivity index (χ4n) is 2.93. The third-order valence-corrected chi connectivity index (χ3v) is 4.14. The monoisotopic (exact) mass is 267 g/mol. The fourth-order valence-corrected chi connectivity index (χ4v) is 2.93. The summed E-state index contributed by atoms with van der Waals surface area (Å²) >= 11 is 0. The van der Waals surface area contributed by atoms with Crippen LogP contribution in [0.25, 0.3) is 0 Å². The van der Waals surface area contributed by atoms with Crippen molar-refractivity contribution in [3.63, 3.8) is 0 Å². The molecule has 0 radical (unpaired) electrons. The highest BCUT2D eigenvalue weighted by Gasteiger charge is 2.24. The number of aromatic nitrogens is 2. The van der Waals surface area contributed by atoms with Gasteiger partial charge in [0, 0.05) is 25.2 Å². The molecule has 3 heteroatoms. The van der Waals surface area contributed by atoms with E-state index in [4.69, 9.17) is 0 Å².